The van der Waals surface area contributed by atoms with E-state index in [0.717, 1.165) is 12.8 Å². The lowest BCUT2D eigenvalue weighted by Crippen LogP contribution is -2.40. The first-order valence-electron chi connectivity index (χ1n) is 5.95. The quantitative estimate of drug-likeness (QED) is 0.792. The topological polar surface area (TPSA) is 75.3 Å². The molecule has 0 atom stereocenters. The summed E-state index contributed by atoms with van der Waals surface area (Å²) in [5, 5.41) is 3.02. The number of carbonyl (C=O) groups excluding carboxylic acids is 1. The largest absolute Gasteiger partial charge is 0.337 e. The molecule has 0 aliphatic heterocycles. The van der Waals surface area contributed by atoms with Gasteiger partial charge in [0.1, 0.15) is 0 Å². The number of urea groups is 1. The van der Waals surface area contributed by atoms with Crippen LogP contribution in [-0.2, 0) is 15.8 Å². The Morgan fingerprint density at radius 1 is 1.26 bits per heavy atom. The molecular weight excluding hydrogens is 288 g/mol. The summed E-state index contributed by atoms with van der Waals surface area (Å²) in [5.41, 5.74) is 0.568. The smallest absolute Gasteiger partial charge is 0.328 e. The second-order valence-corrected chi connectivity index (χ2v) is 6.26. The van der Waals surface area contributed by atoms with Gasteiger partial charge in [-0.25, -0.2) is 17.9 Å². The number of hydrogen-bond acceptors (Lipinski definition) is 3. The number of rotatable bonds is 6. The molecule has 1 rings (SSSR count). The summed E-state index contributed by atoms with van der Waals surface area (Å²) in [5.74, 6) is -0.259. The van der Waals surface area contributed by atoms with Crippen molar-refractivity contribution in [1.29, 1.82) is 0 Å². The summed E-state index contributed by atoms with van der Waals surface area (Å²) >= 11 is 5.71. The van der Waals surface area contributed by atoms with Gasteiger partial charge >= 0.3 is 6.03 Å². The average molecular weight is 305 g/mol. The lowest BCUT2D eigenvalue weighted by Gasteiger charge is -2.08. The summed E-state index contributed by atoms with van der Waals surface area (Å²) in [6.45, 7) is 2.44. The first-order chi connectivity index (χ1) is 8.93. The molecule has 0 saturated heterocycles. The fraction of sp³-hybridized carbons (Fsp3) is 0.417. The fourth-order valence-electron chi connectivity index (χ4n) is 1.39. The number of halogens is 1. The minimum absolute atomic E-state index is 0.259. The molecule has 2 N–H and O–H groups in total. The van der Waals surface area contributed by atoms with Crippen LogP contribution in [0.15, 0.2) is 24.3 Å². The van der Waals surface area contributed by atoms with Crippen LogP contribution in [-0.4, -0.2) is 21.0 Å². The number of amides is 2. The van der Waals surface area contributed by atoms with Crippen molar-refractivity contribution in [1.82, 2.24) is 10.0 Å². The summed E-state index contributed by atoms with van der Waals surface area (Å²) in [6.07, 6.45) is 1.74. The molecule has 0 fully saturated rings. The van der Waals surface area contributed by atoms with Crippen molar-refractivity contribution >= 4 is 27.7 Å². The Kier molecular flexibility index (Phi) is 6.11. The number of hydrogen-bond donors (Lipinski definition) is 2. The molecule has 5 nitrogen and oxygen atoms in total. The summed E-state index contributed by atoms with van der Waals surface area (Å²) in [4.78, 5) is 11.4. The number of unbranched alkanes of at least 4 members (excludes halogenated alkanes) is 1. The Morgan fingerprint density at radius 3 is 2.47 bits per heavy atom. The third-order valence-corrected chi connectivity index (χ3v) is 3.80. The van der Waals surface area contributed by atoms with E-state index in [1.807, 2.05) is 11.6 Å². The lowest BCUT2D eigenvalue weighted by molar-refractivity contribution is 0.245. The van der Waals surface area contributed by atoms with Crippen LogP contribution in [0.25, 0.3) is 0 Å². The summed E-state index contributed by atoms with van der Waals surface area (Å²) < 4.78 is 25.4. The van der Waals surface area contributed by atoms with Crippen LogP contribution in [0.5, 0.6) is 0 Å². The van der Waals surface area contributed by atoms with Gasteiger partial charge in [-0.05, 0) is 24.1 Å². The predicted octanol–water partition coefficient (Wildman–Crippen LogP) is 2.27. The van der Waals surface area contributed by atoms with Crippen LogP contribution in [0.3, 0.4) is 0 Å². The van der Waals surface area contributed by atoms with Crippen molar-refractivity contribution in [2.75, 3.05) is 6.54 Å². The van der Waals surface area contributed by atoms with Gasteiger partial charge < -0.3 is 5.32 Å². The second-order valence-electron chi connectivity index (χ2n) is 4.10. The number of benzene rings is 1. The predicted molar refractivity (Wildman–Crippen MR) is 75.5 cm³/mol. The maximum absolute atomic E-state index is 11.7. The maximum atomic E-state index is 11.7. The van der Waals surface area contributed by atoms with E-state index in [4.69, 9.17) is 11.6 Å². The highest BCUT2D eigenvalue weighted by Crippen LogP contribution is 2.11. The van der Waals surface area contributed by atoms with Crippen LogP contribution < -0.4 is 10.0 Å². The highest BCUT2D eigenvalue weighted by Gasteiger charge is 2.14. The zero-order chi connectivity index (χ0) is 14.3. The van der Waals surface area contributed by atoms with Crippen molar-refractivity contribution in [3.63, 3.8) is 0 Å². The number of carbonyl (C=O) groups is 1. The molecule has 0 radical (unpaired) electrons. The SMILES string of the molecule is CCCCNC(=O)NS(=O)(=O)Cc1ccc(Cl)cc1. The molecule has 19 heavy (non-hydrogen) atoms. The summed E-state index contributed by atoms with van der Waals surface area (Å²) in [6, 6.07) is 5.73. The van der Waals surface area contributed by atoms with Gasteiger partial charge in [-0.1, -0.05) is 37.1 Å². The van der Waals surface area contributed by atoms with E-state index in [1.54, 1.807) is 24.3 Å². The van der Waals surface area contributed by atoms with E-state index >= 15 is 0 Å². The molecule has 0 bridgehead atoms. The van der Waals surface area contributed by atoms with Crippen molar-refractivity contribution < 1.29 is 13.2 Å². The van der Waals surface area contributed by atoms with Gasteiger partial charge in [0.15, 0.2) is 0 Å². The molecule has 0 saturated carbocycles. The first kappa shape index (κ1) is 15.8. The molecule has 106 valence electrons. The molecule has 1 aromatic rings. The van der Waals surface area contributed by atoms with Crippen LogP contribution >= 0.6 is 11.6 Å². The Morgan fingerprint density at radius 2 is 1.89 bits per heavy atom. The van der Waals surface area contributed by atoms with Gasteiger partial charge in [0.25, 0.3) is 0 Å². The highest BCUT2D eigenvalue weighted by molar-refractivity contribution is 7.89. The molecule has 0 aliphatic rings. The molecule has 1 aromatic carbocycles. The van der Waals surface area contributed by atoms with E-state index in [0.29, 0.717) is 17.1 Å². The lowest BCUT2D eigenvalue weighted by atomic mass is 10.2. The van der Waals surface area contributed by atoms with Crippen molar-refractivity contribution in [2.45, 2.75) is 25.5 Å². The van der Waals surface area contributed by atoms with E-state index in [9.17, 15) is 13.2 Å². The number of nitrogens with one attached hydrogen (secondary N) is 2. The van der Waals surface area contributed by atoms with E-state index in [1.165, 1.54) is 0 Å². The Balaban J connectivity index is 2.52. The van der Waals surface area contributed by atoms with Crippen LogP contribution in [0.1, 0.15) is 25.3 Å². The highest BCUT2D eigenvalue weighted by atomic mass is 35.5. The van der Waals surface area contributed by atoms with E-state index in [2.05, 4.69) is 5.32 Å². The van der Waals surface area contributed by atoms with Crippen LogP contribution in [0.4, 0.5) is 4.79 Å². The van der Waals surface area contributed by atoms with Gasteiger partial charge in [0, 0.05) is 11.6 Å². The number of sulfonamides is 1. The monoisotopic (exact) mass is 304 g/mol. The van der Waals surface area contributed by atoms with Crippen molar-refractivity contribution in [3.8, 4) is 0 Å². The standard InChI is InChI=1S/C12H17ClN2O3S/c1-2-3-8-14-12(16)15-19(17,18)9-10-4-6-11(13)7-5-10/h4-7H,2-3,8-9H2,1H3,(H2,14,15,16). The maximum Gasteiger partial charge on any atom is 0.328 e. The molecule has 0 aromatic heterocycles. The van der Waals surface area contributed by atoms with Gasteiger partial charge in [-0.3, -0.25) is 0 Å². The van der Waals surface area contributed by atoms with E-state index < -0.39 is 16.1 Å². The molecular formula is C12H17ClN2O3S. The normalized spacial score (nSPS) is 11.1. The van der Waals surface area contributed by atoms with Crippen LogP contribution in [0, 0.1) is 0 Å². The average Bonchev–Trinajstić information content (AvgIpc) is 2.31. The van der Waals surface area contributed by atoms with Crippen molar-refractivity contribution in [2.24, 2.45) is 0 Å². The molecule has 0 unspecified atom stereocenters. The summed E-state index contributed by atoms with van der Waals surface area (Å²) in [7, 11) is -3.69. The third-order valence-electron chi connectivity index (χ3n) is 2.33. The fourth-order valence-corrected chi connectivity index (χ4v) is 2.58. The van der Waals surface area contributed by atoms with Gasteiger partial charge in [-0.15, -0.1) is 0 Å². The van der Waals surface area contributed by atoms with Crippen molar-refractivity contribution in [3.05, 3.63) is 34.9 Å². The Labute approximate surface area is 118 Å². The Bertz CT molecular complexity index is 514. The molecule has 0 spiro atoms. The van der Waals surface area contributed by atoms with Gasteiger partial charge in [0.2, 0.25) is 10.0 Å². The molecule has 2 amide bonds. The zero-order valence-corrected chi connectivity index (χ0v) is 12.2. The Hall–Kier alpha value is -1.27. The minimum Gasteiger partial charge on any atom is -0.337 e. The first-order valence-corrected chi connectivity index (χ1v) is 7.99. The second kappa shape index (κ2) is 7.35. The third kappa shape index (κ3) is 6.45. The van der Waals surface area contributed by atoms with Gasteiger partial charge in [-0.2, -0.15) is 0 Å². The molecule has 0 heterocycles. The van der Waals surface area contributed by atoms with Crippen LogP contribution in [0.2, 0.25) is 5.02 Å². The zero-order valence-electron chi connectivity index (χ0n) is 10.6. The minimum atomic E-state index is -3.69. The van der Waals surface area contributed by atoms with Gasteiger partial charge in [0.05, 0.1) is 5.75 Å². The molecule has 0 aliphatic carbocycles. The molecule has 7 heteroatoms. The van der Waals surface area contributed by atoms with E-state index in [-0.39, 0.29) is 5.75 Å².